The van der Waals surface area contributed by atoms with Gasteiger partial charge in [0.15, 0.2) is 5.75 Å². The minimum atomic E-state index is -0.311. The Morgan fingerprint density at radius 3 is 2.95 bits per heavy atom. The van der Waals surface area contributed by atoms with Crippen LogP contribution in [0.5, 0.6) is 5.75 Å². The Kier molecular flexibility index (Phi) is 4.67. The summed E-state index contributed by atoms with van der Waals surface area (Å²) in [6, 6.07) is 4.68. The van der Waals surface area contributed by atoms with E-state index in [1.807, 2.05) is 0 Å². The molecule has 114 valence electrons. The standard InChI is InChI=1S/C15H20N2O4/c1-2-21-15(20)10-5-4-8-17(9-10)14(19)11-6-3-7-12(16)13(11)18/h3,6-7,10,18H,2,4-5,8-9,16H2,1H3. The number of likely N-dealkylation sites (tertiary alicyclic amines) is 1. The Morgan fingerprint density at radius 1 is 1.48 bits per heavy atom. The molecular formula is C15H20N2O4. The van der Waals surface area contributed by atoms with Gasteiger partial charge in [-0.2, -0.15) is 0 Å². The number of hydrogen-bond acceptors (Lipinski definition) is 5. The number of phenols is 1. The molecule has 1 saturated heterocycles. The molecule has 0 saturated carbocycles. The molecule has 1 amide bonds. The topological polar surface area (TPSA) is 92.9 Å². The number of para-hydroxylation sites is 1. The first-order valence-corrected chi connectivity index (χ1v) is 7.08. The fourth-order valence-corrected chi connectivity index (χ4v) is 2.52. The van der Waals surface area contributed by atoms with Gasteiger partial charge in [-0.05, 0) is 31.9 Å². The van der Waals surface area contributed by atoms with Gasteiger partial charge in [-0.15, -0.1) is 0 Å². The highest BCUT2D eigenvalue weighted by Gasteiger charge is 2.30. The number of amides is 1. The molecule has 1 aromatic carbocycles. The van der Waals surface area contributed by atoms with Gasteiger partial charge in [0.05, 0.1) is 23.8 Å². The highest BCUT2D eigenvalue weighted by Crippen LogP contribution is 2.27. The van der Waals surface area contributed by atoms with Gasteiger partial charge in [-0.3, -0.25) is 9.59 Å². The highest BCUT2D eigenvalue weighted by atomic mass is 16.5. The molecule has 6 nitrogen and oxygen atoms in total. The van der Waals surface area contributed by atoms with Crippen molar-refractivity contribution >= 4 is 17.6 Å². The van der Waals surface area contributed by atoms with Crippen molar-refractivity contribution in [2.75, 3.05) is 25.4 Å². The first-order valence-electron chi connectivity index (χ1n) is 7.08. The number of benzene rings is 1. The molecule has 0 radical (unpaired) electrons. The summed E-state index contributed by atoms with van der Waals surface area (Å²) in [5, 5.41) is 9.89. The molecule has 21 heavy (non-hydrogen) atoms. The normalized spacial score (nSPS) is 18.3. The van der Waals surface area contributed by atoms with Crippen LogP contribution in [0.4, 0.5) is 5.69 Å². The zero-order chi connectivity index (χ0) is 15.4. The summed E-state index contributed by atoms with van der Waals surface area (Å²) in [7, 11) is 0. The number of esters is 1. The largest absolute Gasteiger partial charge is 0.505 e. The summed E-state index contributed by atoms with van der Waals surface area (Å²) in [4.78, 5) is 25.8. The number of carbonyl (C=O) groups excluding carboxylic acids is 2. The van der Waals surface area contributed by atoms with E-state index in [0.717, 1.165) is 6.42 Å². The van der Waals surface area contributed by atoms with Crippen molar-refractivity contribution in [2.24, 2.45) is 5.92 Å². The summed E-state index contributed by atoms with van der Waals surface area (Å²) in [6.07, 6.45) is 1.45. The lowest BCUT2D eigenvalue weighted by Crippen LogP contribution is -2.42. The van der Waals surface area contributed by atoms with Crippen molar-refractivity contribution < 1.29 is 19.4 Å². The Hall–Kier alpha value is -2.24. The predicted octanol–water partition coefficient (Wildman–Crippen LogP) is 1.39. The maximum absolute atomic E-state index is 12.5. The number of nitrogens with zero attached hydrogens (tertiary/aromatic N) is 1. The second-order valence-corrected chi connectivity index (χ2v) is 5.09. The van der Waals surface area contributed by atoms with E-state index in [-0.39, 0.29) is 34.8 Å². The van der Waals surface area contributed by atoms with Crippen LogP contribution in [-0.2, 0) is 9.53 Å². The fraction of sp³-hybridized carbons (Fsp3) is 0.467. The SMILES string of the molecule is CCOC(=O)C1CCCN(C(=O)c2cccc(N)c2O)C1. The van der Waals surface area contributed by atoms with Crippen LogP contribution in [0.25, 0.3) is 0 Å². The number of nitrogen functional groups attached to an aromatic ring is 1. The molecule has 1 unspecified atom stereocenters. The van der Waals surface area contributed by atoms with Gasteiger partial charge < -0.3 is 20.5 Å². The molecule has 2 rings (SSSR count). The zero-order valence-electron chi connectivity index (χ0n) is 12.0. The van der Waals surface area contributed by atoms with Crippen molar-refractivity contribution in [1.29, 1.82) is 0 Å². The van der Waals surface area contributed by atoms with Crippen molar-refractivity contribution in [1.82, 2.24) is 4.90 Å². The van der Waals surface area contributed by atoms with Crippen LogP contribution >= 0.6 is 0 Å². The third-order valence-corrected chi connectivity index (χ3v) is 3.63. The monoisotopic (exact) mass is 292 g/mol. The van der Waals surface area contributed by atoms with Crippen LogP contribution in [0.2, 0.25) is 0 Å². The van der Waals surface area contributed by atoms with Gasteiger partial charge >= 0.3 is 5.97 Å². The van der Waals surface area contributed by atoms with Crippen LogP contribution < -0.4 is 5.73 Å². The van der Waals surface area contributed by atoms with E-state index >= 15 is 0 Å². The number of anilines is 1. The van der Waals surface area contributed by atoms with Gasteiger partial charge in [-0.25, -0.2) is 0 Å². The first kappa shape index (κ1) is 15.2. The maximum Gasteiger partial charge on any atom is 0.310 e. The van der Waals surface area contributed by atoms with Crippen LogP contribution in [-0.4, -0.2) is 41.6 Å². The summed E-state index contributed by atoms with van der Waals surface area (Å²) in [6.45, 7) is 2.96. The molecule has 6 heteroatoms. The molecule has 1 heterocycles. The molecule has 0 aromatic heterocycles. The summed E-state index contributed by atoms with van der Waals surface area (Å²) in [5.74, 6) is -1.09. The van der Waals surface area contributed by atoms with Crippen LogP contribution in [0.3, 0.4) is 0 Å². The number of aromatic hydroxyl groups is 1. The molecule has 0 aliphatic carbocycles. The summed E-state index contributed by atoms with van der Waals surface area (Å²) >= 11 is 0. The second-order valence-electron chi connectivity index (χ2n) is 5.09. The third kappa shape index (κ3) is 3.26. The lowest BCUT2D eigenvalue weighted by atomic mass is 9.97. The van der Waals surface area contributed by atoms with Crippen molar-refractivity contribution in [2.45, 2.75) is 19.8 Å². The average molecular weight is 292 g/mol. The third-order valence-electron chi connectivity index (χ3n) is 3.63. The fourth-order valence-electron chi connectivity index (χ4n) is 2.52. The first-order chi connectivity index (χ1) is 10.0. The maximum atomic E-state index is 12.5. The van der Waals surface area contributed by atoms with Gasteiger partial charge in [0, 0.05) is 13.1 Å². The quantitative estimate of drug-likeness (QED) is 0.499. The number of hydrogen-bond donors (Lipinski definition) is 2. The second kappa shape index (κ2) is 6.47. The molecule has 1 fully saturated rings. The summed E-state index contributed by atoms with van der Waals surface area (Å²) < 4.78 is 5.01. The molecular weight excluding hydrogens is 272 g/mol. The molecule has 3 N–H and O–H groups in total. The van der Waals surface area contributed by atoms with Crippen molar-refractivity contribution in [3.05, 3.63) is 23.8 Å². The molecule has 0 spiro atoms. The molecule has 0 bridgehead atoms. The lowest BCUT2D eigenvalue weighted by Gasteiger charge is -2.31. The average Bonchev–Trinajstić information content (AvgIpc) is 2.50. The van der Waals surface area contributed by atoms with Crippen LogP contribution in [0.1, 0.15) is 30.1 Å². The van der Waals surface area contributed by atoms with Crippen LogP contribution in [0, 0.1) is 5.92 Å². The summed E-state index contributed by atoms with van der Waals surface area (Å²) in [5.41, 5.74) is 5.94. The van der Waals surface area contributed by atoms with E-state index in [1.165, 1.54) is 12.1 Å². The number of phenolic OH excluding ortho intramolecular Hbond substituents is 1. The molecule has 1 aliphatic heterocycles. The smallest absolute Gasteiger partial charge is 0.310 e. The van der Waals surface area contributed by atoms with E-state index in [9.17, 15) is 14.7 Å². The minimum absolute atomic E-state index is 0.166. The van der Waals surface area contributed by atoms with Gasteiger partial charge in [0.25, 0.3) is 5.91 Å². The Labute approximate surface area is 123 Å². The zero-order valence-corrected chi connectivity index (χ0v) is 12.0. The number of nitrogens with two attached hydrogens (primary N) is 1. The molecule has 1 atom stereocenters. The van der Waals surface area contributed by atoms with Crippen molar-refractivity contribution in [3.8, 4) is 5.75 Å². The number of carbonyl (C=O) groups is 2. The number of rotatable bonds is 3. The minimum Gasteiger partial charge on any atom is -0.505 e. The number of piperidine rings is 1. The molecule has 1 aromatic rings. The Morgan fingerprint density at radius 2 is 2.24 bits per heavy atom. The highest BCUT2D eigenvalue weighted by molar-refractivity contribution is 5.98. The van der Waals surface area contributed by atoms with Crippen molar-refractivity contribution in [3.63, 3.8) is 0 Å². The Bertz CT molecular complexity index is 544. The van der Waals surface area contributed by atoms with Gasteiger partial charge in [-0.1, -0.05) is 6.07 Å². The van der Waals surface area contributed by atoms with E-state index in [1.54, 1.807) is 17.9 Å². The van der Waals surface area contributed by atoms with Crippen LogP contribution in [0.15, 0.2) is 18.2 Å². The van der Waals surface area contributed by atoms with Gasteiger partial charge in [0.2, 0.25) is 0 Å². The van der Waals surface area contributed by atoms with E-state index in [4.69, 9.17) is 10.5 Å². The Balaban J connectivity index is 2.12. The number of ether oxygens (including phenoxy) is 1. The van der Waals surface area contributed by atoms with Gasteiger partial charge in [0.1, 0.15) is 0 Å². The lowest BCUT2D eigenvalue weighted by molar-refractivity contribution is -0.149. The van der Waals surface area contributed by atoms with E-state index in [2.05, 4.69) is 0 Å². The van der Waals surface area contributed by atoms with E-state index < -0.39 is 0 Å². The molecule has 1 aliphatic rings. The predicted molar refractivity (Wildman–Crippen MR) is 77.8 cm³/mol. The van der Waals surface area contributed by atoms with E-state index in [0.29, 0.717) is 26.1 Å².